The Labute approximate surface area is 156 Å². The SMILES string of the molecule is CCOc1ccccc1C(=O)N1CCN(Cc2ccc(C(=O)O)s2)CC1. The Kier molecular flexibility index (Phi) is 5.90. The molecule has 0 unspecified atom stereocenters. The lowest BCUT2D eigenvalue weighted by Crippen LogP contribution is -2.48. The molecule has 0 spiro atoms. The van der Waals surface area contributed by atoms with Crippen molar-refractivity contribution in [1.82, 2.24) is 9.80 Å². The minimum atomic E-state index is -0.885. The van der Waals surface area contributed by atoms with Crippen molar-refractivity contribution in [2.45, 2.75) is 13.5 Å². The van der Waals surface area contributed by atoms with Crippen LogP contribution in [-0.2, 0) is 6.54 Å². The fraction of sp³-hybridized carbons (Fsp3) is 0.368. The van der Waals surface area contributed by atoms with E-state index in [0.717, 1.165) is 24.5 Å². The summed E-state index contributed by atoms with van der Waals surface area (Å²) in [7, 11) is 0. The molecule has 0 aliphatic carbocycles. The number of nitrogens with zero attached hydrogens (tertiary/aromatic N) is 2. The normalized spacial score (nSPS) is 15.0. The molecule has 2 aromatic rings. The van der Waals surface area contributed by atoms with Crippen LogP contribution < -0.4 is 4.74 Å². The van der Waals surface area contributed by atoms with Crippen LogP contribution in [0.2, 0.25) is 0 Å². The van der Waals surface area contributed by atoms with Crippen molar-refractivity contribution in [3.8, 4) is 5.75 Å². The summed E-state index contributed by atoms with van der Waals surface area (Å²) in [5.74, 6) is -0.259. The summed E-state index contributed by atoms with van der Waals surface area (Å²) in [6, 6.07) is 10.9. The van der Waals surface area contributed by atoms with E-state index in [0.29, 0.717) is 35.9 Å². The Balaban J connectivity index is 1.58. The third kappa shape index (κ3) is 4.23. The van der Waals surface area contributed by atoms with E-state index in [1.807, 2.05) is 36.1 Å². The van der Waals surface area contributed by atoms with Crippen LogP contribution in [0.1, 0.15) is 31.8 Å². The highest BCUT2D eigenvalue weighted by atomic mass is 32.1. The fourth-order valence-corrected chi connectivity index (χ4v) is 3.89. The van der Waals surface area contributed by atoms with Crippen LogP contribution in [0.4, 0.5) is 0 Å². The second kappa shape index (κ2) is 8.33. The van der Waals surface area contributed by atoms with Crippen LogP contribution in [0.25, 0.3) is 0 Å². The summed E-state index contributed by atoms with van der Waals surface area (Å²) in [5.41, 5.74) is 0.604. The number of amides is 1. The van der Waals surface area contributed by atoms with Gasteiger partial charge in [-0.05, 0) is 31.2 Å². The number of rotatable bonds is 6. The number of carboxylic acid groups (broad SMARTS) is 1. The molecule has 0 atom stereocenters. The van der Waals surface area contributed by atoms with Gasteiger partial charge in [0.05, 0.1) is 12.2 Å². The van der Waals surface area contributed by atoms with Crippen LogP contribution in [0.5, 0.6) is 5.75 Å². The molecule has 0 radical (unpaired) electrons. The Morgan fingerprint density at radius 1 is 1.12 bits per heavy atom. The van der Waals surface area contributed by atoms with Gasteiger partial charge in [0.15, 0.2) is 0 Å². The predicted octanol–water partition coefficient (Wildman–Crippen LogP) is 2.80. The van der Waals surface area contributed by atoms with Gasteiger partial charge >= 0.3 is 5.97 Å². The second-order valence-corrected chi connectivity index (χ2v) is 7.24. The summed E-state index contributed by atoms with van der Waals surface area (Å²) >= 11 is 1.31. The zero-order valence-corrected chi connectivity index (χ0v) is 15.5. The number of ether oxygens (including phenoxy) is 1. The van der Waals surface area contributed by atoms with E-state index in [4.69, 9.17) is 9.84 Å². The lowest BCUT2D eigenvalue weighted by Gasteiger charge is -2.34. The maximum atomic E-state index is 12.8. The van der Waals surface area contributed by atoms with Gasteiger partial charge < -0.3 is 14.7 Å². The van der Waals surface area contributed by atoms with Crippen LogP contribution in [0, 0.1) is 0 Å². The monoisotopic (exact) mass is 374 g/mol. The number of carbonyl (C=O) groups is 2. The minimum Gasteiger partial charge on any atom is -0.493 e. The Hall–Kier alpha value is -2.38. The van der Waals surface area contributed by atoms with Gasteiger partial charge in [0.2, 0.25) is 0 Å². The zero-order valence-electron chi connectivity index (χ0n) is 14.7. The molecule has 0 saturated carbocycles. The quantitative estimate of drug-likeness (QED) is 0.842. The molecule has 6 nitrogen and oxygen atoms in total. The van der Waals surface area contributed by atoms with Gasteiger partial charge in [0.1, 0.15) is 10.6 Å². The molecular weight excluding hydrogens is 352 g/mol. The summed E-state index contributed by atoms with van der Waals surface area (Å²) < 4.78 is 5.57. The molecule has 1 aliphatic heterocycles. The maximum absolute atomic E-state index is 12.8. The number of carboxylic acids is 1. The van der Waals surface area contributed by atoms with Crippen molar-refractivity contribution < 1.29 is 19.4 Å². The molecule has 1 aromatic heterocycles. The number of carbonyl (C=O) groups excluding carboxylic acids is 1. The molecular formula is C19H22N2O4S. The van der Waals surface area contributed by atoms with E-state index in [2.05, 4.69) is 4.90 Å². The number of para-hydroxylation sites is 1. The van der Waals surface area contributed by atoms with Gasteiger partial charge in [-0.25, -0.2) is 4.79 Å². The highest BCUT2D eigenvalue weighted by molar-refractivity contribution is 7.13. The first-order chi connectivity index (χ1) is 12.6. The summed E-state index contributed by atoms with van der Waals surface area (Å²) in [6.07, 6.45) is 0. The second-order valence-electron chi connectivity index (χ2n) is 6.07. The molecule has 1 fully saturated rings. The number of benzene rings is 1. The van der Waals surface area contributed by atoms with Crippen molar-refractivity contribution in [3.63, 3.8) is 0 Å². The summed E-state index contributed by atoms with van der Waals surface area (Å²) in [6.45, 7) is 5.98. The molecule has 1 N–H and O–H groups in total. The Morgan fingerprint density at radius 3 is 2.50 bits per heavy atom. The van der Waals surface area contributed by atoms with Gasteiger partial charge in [0.25, 0.3) is 5.91 Å². The van der Waals surface area contributed by atoms with Crippen LogP contribution >= 0.6 is 11.3 Å². The Morgan fingerprint density at radius 2 is 1.85 bits per heavy atom. The van der Waals surface area contributed by atoms with E-state index in [1.54, 1.807) is 12.1 Å². The molecule has 7 heteroatoms. The van der Waals surface area contributed by atoms with Gasteiger partial charge in [-0.1, -0.05) is 12.1 Å². The predicted molar refractivity (Wildman–Crippen MR) is 100 cm³/mol. The van der Waals surface area contributed by atoms with Gasteiger partial charge in [-0.3, -0.25) is 9.69 Å². The van der Waals surface area contributed by atoms with E-state index in [9.17, 15) is 9.59 Å². The maximum Gasteiger partial charge on any atom is 0.345 e. The number of aromatic carboxylic acids is 1. The number of hydrogen-bond acceptors (Lipinski definition) is 5. The highest BCUT2D eigenvalue weighted by Gasteiger charge is 2.24. The van der Waals surface area contributed by atoms with Crippen molar-refractivity contribution in [1.29, 1.82) is 0 Å². The first kappa shape index (κ1) is 18.4. The first-order valence-corrected chi connectivity index (χ1v) is 9.45. The molecule has 138 valence electrons. The average Bonchev–Trinajstić information content (AvgIpc) is 3.11. The summed E-state index contributed by atoms with van der Waals surface area (Å²) in [5, 5.41) is 9.01. The van der Waals surface area contributed by atoms with Crippen LogP contribution in [-0.4, -0.2) is 59.6 Å². The van der Waals surface area contributed by atoms with Crippen molar-refractivity contribution in [3.05, 3.63) is 51.7 Å². The largest absolute Gasteiger partial charge is 0.493 e. The molecule has 26 heavy (non-hydrogen) atoms. The first-order valence-electron chi connectivity index (χ1n) is 8.64. The molecule has 0 bridgehead atoms. The molecule has 1 aliphatic rings. The van der Waals surface area contributed by atoms with Gasteiger partial charge in [-0.2, -0.15) is 0 Å². The fourth-order valence-electron chi connectivity index (χ4n) is 3.00. The smallest absolute Gasteiger partial charge is 0.345 e. The topological polar surface area (TPSA) is 70.1 Å². The van der Waals surface area contributed by atoms with Gasteiger partial charge in [-0.15, -0.1) is 11.3 Å². The Bertz CT molecular complexity index is 781. The lowest BCUT2D eigenvalue weighted by atomic mass is 10.1. The third-order valence-electron chi connectivity index (χ3n) is 4.33. The van der Waals surface area contributed by atoms with Crippen molar-refractivity contribution in [2.24, 2.45) is 0 Å². The molecule has 1 amide bonds. The van der Waals surface area contributed by atoms with E-state index >= 15 is 0 Å². The van der Waals surface area contributed by atoms with Crippen LogP contribution in [0.3, 0.4) is 0 Å². The number of piperazine rings is 1. The van der Waals surface area contributed by atoms with E-state index in [1.165, 1.54) is 11.3 Å². The molecule has 3 rings (SSSR count). The van der Waals surface area contributed by atoms with E-state index < -0.39 is 5.97 Å². The minimum absolute atomic E-state index is 0.00186. The third-order valence-corrected chi connectivity index (χ3v) is 5.39. The zero-order chi connectivity index (χ0) is 18.5. The lowest BCUT2D eigenvalue weighted by molar-refractivity contribution is 0.0624. The van der Waals surface area contributed by atoms with E-state index in [-0.39, 0.29) is 5.91 Å². The van der Waals surface area contributed by atoms with Gasteiger partial charge in [0, 0.05) is 37.6 Å². The number of thiophene rings is 1. The number of hydrogen-bond donors (Lipinski definition) is 1. The summed E-state index contributed by atoms with van der Waals surface area (Å²) in [4.78, 5) is 29.3. The van der Waals surface area contributed by atoms with Crippen molar-refractivity contribution in [2.75, 3.05) is 32.8 Å². The molecule has 1 saturated heterocycles. The molecule has 2 heterocycles. The molecule has 1 aromatic carbocycles. The highest BCUT2D eigenvalue weighted by Crippen LogP contribution is 2.22. The van der Waals surface area contributed by atoms with Crippen molar-refractivity contribution >= 4 is 23.2 Å². The van der Waals surface area contributed by atoms with Crippen LogP contribution in [0.15, 0.2) is 36.4 Å². The average molecular weight is 374 g/mol. The standard InChI is InChI=1S/C19H22N2O4S/c1-2-25-16-6-4-3-5-15(16)18(22)21-11-9-20(10-12-21)13-14-7-8-17(26-14)19(23)24/h3-8H,2,9-13H2,1H3,(H,23,24).